The Kier molecular flexibility index (Phi) is 3.62. The predicted octanol–water partition coefficient (Wildman–Crippen LogP) is 3.23. The highest BCUT2D eigenvalue weighted by molar-refractivity contribution is 7.22. The molecule has 1 amide bonds. The van der Waals surface area contributed by atoms with Crippen molar-refractivity contribution in [1.82, 2.24) is 15.0 Å². The van der Waals surface area contributed by atoms with E-state index in [1.807, 2.05) is 0 Å². The molecule has 21 heavy (non-hydrogen) atoms. The second-order valence-corrected chi connectivity index (χ2v) is 5.82. The quantitative estimate of drug-likeness (QED) is 0.552. The molecule has 2 aromatic heterocycles. The number of aromatic nitrogens is 3. The normalized spacial score (nSPS) is 10.8. The maximum absolute atomic E-state index is 12.2. The Labute approximate surface area is 132 Å². The third kappa shape index (κ3) is 3.05. The maximum atomic E-state index is 12.2. The molecule has 0 spiro atoms. The molecule has 2 heterocycles. The number of fused-ring (bicyclic) bond motifs is 1. The first-order chi connectivity index (χ1) is 10.0. The Bertz CT molecular complexity index is 831. The van der Waals surface area contributed by atoms with Gasteiger partial charge in [-0.15, -0.1) is 0 Å². The lowest BCUT2D eigenvalue weighted by Crippen LogP contribution is -2.13. The van der Waals surface area contributed by atoms with Gasteiger partial charge < -0.3 is 11.1 Å². The molecular formula is C12H7Cl2N5OS. The first-order valence-electron chi connectivity index (χ1n) is 5.69. The van der Waals surface area contributed by atoms with Gasteiger partial charge in [-0.1, -0.05) is 22.9 Å². The number of carbonyl (C=O) groups is 1. The van der Waals surface area contributed by atoms with E-state index < -0.39 is 0 Å². The predicted molar refractivity (Wildman–Crippen MR) is 84.0 cm³/mol. The molecule has 9 heteroatoms. The van der Waals surface area contributed by atoms with E-state index >= 15 is 0 Å². The minimum Gasteiger partial charge on any atom is -0.375 e. The summed E-state index contributed by atoms with van der Waals surface area (Å²) in [7, 11) is 0. The molecular weight excluding hydrogens is 333 g/mol. The van der Waals surface area contributed by atoms with Crippen LogP contribution >= 0.6 is 34.5 Å². The minimum absolute atomic E-state index is 0.0384. The van der Waals surface area contributed by atoms with Crippen LogP contribution in [0, 0.1) is 0 Å². The number of rotatable bonds is 2. The Balaban J connectivity index is 1.89. The number of anilines is 2. The van der Waals surface area contributed by atoms with Gasteiger partial charge in [0.2, 0.25) is 5.28 Å². The lowest BCUT2D eigenvalue weighted by atomic mass is 10.2. The minimum atomic E-state index is -0.338. The van der Waals surface area contributed by atoms with Gasteiger partial charge in [-0.25, -0.2) is 15.0 Å². The van der Waals surface area contributed by atoms with Crippen molar-refractivity contribution in [2.75, 3.05) is 11.1 Å². The van der Waals surface area contributed by atoms with Crippen molar-refractivity contribution < 1.29 is 4.79 Å². The molecule has 3 rings (SSSR count). The Morgan fingerprint density at radius 2 is 2.00 bits per heavy atom. The lowest BCUT2D eigenvalue weighted by Gasteiger charge is -2.05. The largest absolute Gasteiger partial charge is 0.375 e. The molecule has 6 nitrogen and oxygen atoms in total. The number of hydrogen-bond acceptors (Lipinski definition) is 6. The molecule has 1 aromatic carbocycles. The topological polar surface area (TPSA) is 93.8 Å². The fourth-order valence-corrected chi connectivity index (χ4v) is 2.91. The lowest BCUT2D eigenvalue weighted by molar-refractivity contribution is 0.102. The van der Waals surface area contributed by atoms with Crippen LogP contribution in [-0.4, -0.2) is 20.9 Å². The van der Waals surface area contributed by atoms with Crippen LogP contribution in [0.2, 0.25) is 10.4 Å². The Morgan fingerprint density at radius 3 is 2.76 bits per heavy atom. The van der Waals surface area contributed by atoms with Crippen molar-refractivity contribution >= 4 is 61.6 Å². The van der Waals surface area contributed by atoms with Gasteiger partial charge in [0.25, 0.3) is 5.91 Å². The molecule has 0 aliphatic heterocycles. The van der Waals surface area contributed by atoms with Gasteiger partial charge in [-0.3, -0.25) is 4.79 Å². The zero-order valence-electron chi connectivity index (χ0n) is 10.3. The molecule has 0 saturated heterocycles. The average molecular weight is 340 g/mol. The number of halogens is 2. The van der Waals surface area contributed by atoms with Crippen LogP contribution < -0.4 is 11.1 Å². The van der Waals surface area contributed by atoms with Crippen molar-refractivity contribution in [1.29, 1.82) is 0 Å². The summed E-state index contributed by atoms with van der Waals surface area (Å²) < 4.78 is 0.832. The SMILES string of the molecule is Nc1nc2ccc(C(=O)Nc3cc(Cl)nc(Cl)n3)cc2s1. The first kappa shape index (κ1) is 14.0. The van der Waals surface area contributed by atoms with Crippen LogP contribution in [0.25, 0.3) is 10.2 Å². The third-order valence-corrected chi connectivity index (χ3v) is 3.79. The van der Waals surface area contributed by atoms with Gasteiger partial charge in [-0.2, -0.15) is 0 Å². The molecule has 3 aromatic rings. The molecule has 0 radical (unpaired) electrons. The fourth-order valence-electron chi connectivity index (χ4n) is 1.73. The maximum Gasteiger partial charge on any atom is 0.256 e. The Hall–Kier alpha value is -1.96. The molecule has 0 unspecified atom stereocenters. The van der Waals surface area contributed by atoms with E-state index in [2.05, 4.69) is 20.3 Å². The molecule has 106 valence electrons. The Morgan fingerprint density at radius 1 is 1.19 bits per heavy atom. The van der Waals surface area contributed by atoms with E-state index in [1.165, 1.54) is 17.4 Å². The number of nitrogens with one attached hydrogen (secondary N) is 1. The van der Waals surface area contributed by atoms with Crippen molar-refractivity contribution in [2.45, 2.75) is 0 Å². The number of benzene rings is 1. The van der Waals surface area contributed by atoms with Crippen LogP contribution in [0.3, 0.4) is 0 Å². The van der Waals surface area contributed by atoms with Crippen LogP contribution in [0.4, 0.5) is 10.9 Å². The number of nitrogens with two attached hydrogens (primary N) is 1. The van der Waals surface area contributed by atoms with Crippen LogP contribution in [-0.2, 0) is 0 Å². The van der Waals surface area contributed by atoms with Gasteiger partial charge in [0.1, 0.15) is 11.0 Å². The highest BCUT2D eigenvalue weighted by Gasteiger charge is 2.11. The van der Waals surface area contributed by atoms with Gasteiger partial charge in [0, 0.05) is 11.6 Å². The summed E-state index contributed by atoms with van der Waals surface area (Å²) in [6.07, 6.45) is 0. The molecule has 0 aliphatic carbocycles. The highest BCUT2D eigenvalue weighted by Crippen LogP contribution is 2.25. The van der Waals surface area contributed by atoms with Gasteiger partial charge in [-0.05, 0) is 29.8 Å². The van der Waals surface area contributed by atoms with Crippen molar-refractivity contribution in [2.24, 2.45) is 0 Å². The number of nitrogens with zero attached hydrogens (tertiary/aromatic N) is 3. The van der Waals surface area contributed by atoms with E-state index in [0.717, 1.165) is 10.2 Å². The van der Waals surface area contributed by atoms with E-state index in [1.54, 1.807) is 18.2 Å². The van der Waals surface area contributed by atoms with Gasteiger partial charge in [0.15, 0.2) is 5.13 Å². The molecule has 0 saturated carbocycles. The second-order valence-electron chi connectivity index (χ2n) is 4.03. The summed E-state index contributed by atoms with van der Waals surface area (Å²) in [6, 6.07) is 6.51. The smallest absolute Gasteiger partial charge is 0.256 e. The highest BCUT2D eigenvalue weighted by atomic mass is 35.5. The monoisotopic (exact) mass is 339 g/mol. The summed E-state index contributed by atoms with van der Waals surface area (Å²) in [5.74, 6) is -0.108. The van der Waals surface area contributed by atoms with Crippen LogP contribution in [0.5, 0.6) is 0 Å². The fraction of sp³-hybridized carbons (Fsp3) is 0. The molecule has 3 N–H and O–H groups in total. The number of amides is 1. The first-order valence-corrected chi connectivity index (χ1v) is 7.26. The zero-order chi connectivity index (χ0) is 15.0. The van der Waals surface area contributed by atoms with Crippen molar-refractivity contribution in [3.8, 4) is 0 Å². The third-order valence-electron chi connectivity index (χ3n) is 2.58. The number of nitrogen functional groups attached to an aromatic ring is 1. The summed E-state index contributed by atoms with van der Waals surface area (Å²) in [6.45, 7) is 0. The van der Waals surface area contributed by atoms with E-state index in [4.69, 9.17) is 28.9 Å². The summed E-state index contributed by atoms with van der Waals surface area (Å²) in [5, 5.41) is 3.17. The molecule has 0 bridgehead atoms. The standard InChI is InChI=1S/C12H7Cl2N5OS/c13-8-4-9(19-11(14)17-8)18-10(20)5-1-2-6-7(3-5)21-12(15)16-6/h1-4H,(H2,15,16)(H,17,18,19,20). The van der Waals surface area contributed by atoms with E-state index in [9.17, 15) is 4.79 Å². The van der Waals surface area contributed by atoms with Gasteiger partial charge >= 0.3 is 0 Å². The van der Waals surface area contributed by atoms with E-state index in [-0.39, 0.29) is 22.2 Å². The summed E-state index contributed by atoms with van der Waals surface area (Å²) in [4.78, 5) is 23.9. The van der Waals surface area contributed by atoms with Crippen molar-refractivity contribution in [3.63, 3.8) is 0 Å². The molecule has 0 aliphatic rings. The van der Waals surface area contributed by atoms with Crippen LogP contribution in [0.1, 0.15) is 10.4 Å². The average Bonchev–Trinajstić information content (AvgIpc) is 2.76. The second kappa shape index (κ2) is 5.44. The summed E-state index contributed by atoms with van der Waals surface area (Å²) >= 11 is 12.7. The van der Waals surface area contributed by atoms with E-state index in [0.29, 0.717) is 10.7 Å². The number of hydrogen-bond donors (Lipinski definition) is 2. The zero-order valence-corrected chi connectivity index (χ0v) is 12.6. The van der Waals surface area contributed by atoms with Crippen LogP contribution in [0.15, 0.2) is 24.3 Å². The number of thiazole rings is 1. The van der Waals surface area contributed by atoms with Gasteiger partial charge in [0.05, 0.1) is 10.2 Å². The molecule has 0 atom stereocenters. The molecule has 0 fully saturated rings. The summed E-state index contributed by atoms with van der Waals surface area (Å²) in [5.41, 5.74) is 6.84. The number of carbonyl (C=O) groups excluding carboxylic acids is 1. The van der Waals surface area contributed by atoms with Crippen molar-refractivity contribution in [3.05, 3.63) is 40.3 Å².